The molecule has 1 saturated heterocycles. The van der Waals surface area contributed by atoms with E-state index in [0.29, 0.717) is 12.8 Å². The average molecular weight is 645 g/mol. The van der Waals surface area contributed by atoms with E-state index in [1.165, 1.54) is 18.1 Å². The number of aliphatic hydroxyl groups excluding tert-OH is 1. The van der Waals surface area contributed by atoms with Gasteiger partial charge in [-0.15, -0.1) is 5.73 Å². The Morgan fingerprint density at radius 2 is 1.40 bits per heavy atom. The summed E-state index contributed by atoms with van der Waals surface area (Å²) in [6.45, 7) is 22.3. The molecule has 2 saturated carbocycles. The van der Waals surface area contributed by atoms with Gasteiger partial charge in [0.05, 0.1) is 17.3 Å². The van der Waals surface area contributed by atoms with Crippen LogP contribution >= 0.6 is 0 Å². The van der Waals surface area contributed by atoms with Crippen molar-refractivity contribution in [3.05, 3.63) is 100 Å². The number of rotatable bonds is 11. The molecule has 258 valence electrons. The van der Waals surface area contributed by atoms with Gasteiger partial charge in [-0.2, -0.15) is 0 Å². The quantitative estimate of drug-likeness (QED) is 0.101. The molecule has 2 N–H and O–H groups in total. The number of esters is 1. The number of allylic oxidation sites excluding steroid dienone is 14. The molecule has 0 spiro atoms. The van der Waals surface area contributed by atoms with E-state index in [2.05, 4.69) is 104 Å². The van der Waals surface area contributed by atoms with Crippen LogP contribution in [0.3, 0.4) is 0 Å². The lowest BCUT2D eigenvalue weighted by molar-refractivity contribution is -0.152. The predicted octanol–water partition coefficient (Wildman–Crippen LogP) is 9.51. The minimum absolute atomic E-state index is 0.0222. The predicted molar refractivity (Wildman–Crippen MR) is 194 cm³/mol. The Labute approximate surface area is 284 Å². The summed E-state index contributed by atoms with van der Waals surface area (Å²) in [5.41, 5.74) is 7.08. The average Bonchev–Trinajstić information content (AvgIpc) is 3.53. The fourth-order valence-corrected chi connectivity index (χ4v) is 7.97. The Kier molecular flexibility index (Phi) is 12.4. The van der Waals surface area contributed by atoms with Crippen molar-refractivity contribution in [3.8, 4) is 0 Å². The number of carbonyl (C=O) groups excluding carboxylic acids is 1. The summed E-state index contributed by atoms with van der Waals surface area (Å²) in [4.78, 5) is 11.5. The lowest BCUT2D eigenvalue weighted by Crippen LogP contribution is -2.47. The van der Waals surface area contributed by atoms with Crippen molar-refractivity contribution in [2.75, 3.05) is 0 Å². The molecule has 0 aromatic rings. The molecule has 0 amide bonds. The first-order chi connectivity index (χ1) is 21.7. The number of ether oxygens (including phenoxy) is 2. The van der Waals surface area contributed by atoms with Crippen LogP contribution in [0.4, 0.5) is 0 Å². The molecule has 47 heavy (non-hydrogen) atoms. The molecule has 0 aromatic carbocycles. The molecule has 1 heterocycles. The van der Waals surface area contributed by atoms with Gasteiger partial charge in [-0.25, -0.2) is 0 Å². The van der Waals surface area contributed by atoms with Crippen LogP contribution in [-0.2, 0) is 14.3 Å². The van der Waals surface area contributed by atoms with Crippen molar-refractivity contribution in [1.29, 1.82) is 0 Å². The zero-order chi connectivity index (χ0) is 35.3. The Hall–Kier alpha value is -2.95. The molecular weight excluding hydrogens is 584 g/mol. The highest BCUT2D eigenvalue weighted by atomic mass is 16.6. The summed E-state index contributed by atoms with van der Waals surface area (Å²) in [7, 11) is 0. The van der Waals surface area contributed by atoms with Crippen LogP contribution in [0.2, 0.25) is 0 Å². The molecule has 5 atom stereocenters. The van der Waals surface area contributed by atoms with Gasteiger partial charge in [-0.3, -0.25) is 4.79 Å². The molecule has 5 nitrogen and oxygen atoms in total. The zero-order valence-corrected chi connectivity index (χ0v) is 30.9. The Morgan fingerprint density at radius 1 is 0.830 bits per heavy atom. The second-order valence-corrected chi connectivity index (χ2v) is 15.9. The number of hydrogen-bond acceptors (Lipinski definition) is 5. The fourth-order valence-electron chi connectivity index (χ4n) is 7.97. The number of fused-ring (bicyclic) bond motifs is 1. The van der Waals surface area contributed by atoms with E-state index >= 15 is 0 Å². The van der Waals surface area contributed by atoms with Crippen molar-refractivity contribution in [2.24, 2.45) is 10.8 Å². The van der Waals surface area contributed by atoms with Crippen molar-refractivity contribution in [1.82, 2.24) is 0 Å². The molecule has 3 aliphatic rings. The summed E-state index contributed by atoms with van der Waals surface area (Å²) in [5, 5.41) is 21.4. The highest BCUT2D eigenvalue weighted by Gasteiger charge is 2.75. The third kappa shape index (κ3) is 10.0. The third-order valence-electron chi connectivity index (χ3n) is 10.2. The van der Waals surface area contributed by atoms with Gasteiger partial charge in [0.15, 0.2) is 0 Å². The summed E-state index contributed by atoms with van der Waals surface area (Å²) in [5.74, 6) is -0.316. The van der Waals surface area contributed by atoms with Gasteiger partial charge in [0, 0.05) is 25.3 Å². The highest BCUT2D eigenvalue weighted by Crippen LogP contribution is 2.67. The van der Waals surface area contributed by atoms with Crippen LogP contribution < -0.4 is 0 Å². The molecule has 2 aliphatic carbocycles. The number of epoxide rings is 1. The van der Waals surface area contributed by atoms with Crippen LogP contribution in [0.25, 0.3) is 0 Å². The molecule has 3 rings (SSSR count). The fraction of sp³-hybridized carbons (Fsp3) is 0.571. The second kappa shape index (κ2) is 15.1. The van der Waals surface area contributed by atoms with Crippen LogP contribution in [0, 0.1) is 10.8 Å². The maximum Gasteiger partial charge on any atom is 0.302 e. The minimum Gasteiger partial charge on any atom is -0.462 e. The molecule has 3 fully saturated rings. The normalized spacial score (nSPS) is 32.9. The number of hydrogen-bond donors (Lipinski definition) is 2. The van der Waals surface area contributed by atoms with Crippen molar-refractivity contribution in [3.63, 3.8) is 0 Å². The lowest BCUT2D eigenvalue weighted by Gasteiger charge is -2.44. The topological polar surface area (TPSA) is 79.3 Å². The van der Waals surface area contributed by atoms with Crippen molar-refractivity contribution < 1.29 is 24.5 Å². The van der Waals surface area contributed by atoms with Gasteiger partial charge in [-0.05, 0) is 89.7 Å². The number of carbonyl (C=O) groups is 1. The first kappa shape index (κ1) is 38.5. The zero-order valence-electron chi connectivity index (χ0n) is 30.9. The summed E-state index contributed by atoms with van der Waals surface area (Å²) in [6.07, 6.45) is 26.7. The number of aliphatic hydroxyl groups is 2. The smallest absolute Gasteiger partial charge is 0.302 e. The first-order valence-corrected chi connectivity index (χ1v) is 17.2. The van der Waals surface area contributed by atoms with Gasteiger partial charge >= 0.3 is 5.97 Å². The maximum atomic E-state index is 11.5. The maximum absolute atomic E-state index is 11.5. The van der Waals surface area contributed by atoms with Gasteiger partial charge in [0.25, 0.3) is 0 Å². The molecule has 0 unspecified atom stereocenters. The molecular formula is C42H60O5. The van der Waals surface area contributed by atoms with E-state index in [1.807, 2.05) is 31.2 Å². The molecule has 0 radical (unpaired) electrons. The standard InChI is InChI=1S/C42H60O5/c1-30(18-14-20-32(3)22-23-37-38(6,7)28-36(46-34(5)43)29-40(37,10)45)16-12-13-17-31(2)19-15-21-33(4)24-25-42-39(8,9)26-35(44)27-41(42,11)47-42/h12-22,35-36,44-45H,24-29H2,1-11H3/b13-12+,18-14+,19-15+,30-16+,31-17+,32-20+,33-21+/t23?,35-,36-,40+,41+,42-/m0/s1. The van der Waals surface area contributed by atoms with E-state index < -0.39 is 5.60 Å². The summed E-state index contributed by atoms with van der Waals surface area (Å²) >= 11 is 0. The van der Waals surface area contributed by atoms with Crippen LogP contribution in [0.15, 0.2) is 100 Å². The highest BCUT2D eigenvalue weighted by molar-refractivity contribution is 5.66. The SMILES string of the molecule is CC(=O)O[C@H]1CC(C)(C)C(=C=C/C(C)=C/C=C/C(C)=C/C=C/C=C(C)/C=C/C=C(\C)CC[C@@]23O[C@]2(C)C[C@@H](O)CC3(C)C)[C@](C)(O)C1. The van der Waals surface area contributed by atoms with E-state index in [9.17, 15) is 15.0 Å². The van der Waals surface area contributed by atoms with Crippen LogP contribution in [0.5, 0.6) is 0 Å². The first-order valence-electron chi connectivity index (χ1n) is 17.2. The van der Waals surface area contributed by atoms with Gasteiger partial charge in [0.1, 0.15) is 11.7 Å². The third-order valence-corrected chi connectivity index (χ3v) is 10.2. The minimum atomic E-state index is -1.09. The molecule has 0 bridgehead atoms. The molecule has 1 aliphatic heterocycles. The van der Waals surface area contributed by atoms with E-state index in [-0.39, 0.29) is 40.2 Å². The van der Waals surface area contributed by atoms with Gasteiger partial charge < -0.3 is 19.7 Å². The Morgan fingerprint density at radius 3 is 1.96 bits per heavy atom. The molecule has 0 aromatic heterocycles. The van der Waals surface area contributed by atoms with Crippen molar-refractivity contribution in [2.45, 2.75) is 144 Å². The van der Waals surface area contributed by atoms with E-state index in [1.54, 1.807) is 6.92 Å². The lowest BCUT2D eigenvalue weighted by atomic mass is 9.61. The monoisotopic (exact) mass is 644 g/mol. The second-order valence-electron chi connectivity index (χ2n) is 15.9. The van der Waals surface area contributed by atoms with Crippen LogP contribution in [0.1, 0.15) is 115 Å². The summed E-state index contributed by atoms with van der Waals surface area (Å²) < 4.78 is 11.8. The van der Waals surface area contributed by atoms with Crippen molar-refractivity contribution >= 4 is 5.97 Å². The van der Waals surface area contributed by atoms with E-state index in [0.717, 1.165) is 42.4 Å². The molecule has 5 heteroatoms. The van der Waals surface area contributed by atoms with Crippen LogP contribution in [-0.4, -0.2) is 45.2 Å². The largest absolute Gasteiger partial charge is 0.462 e. The van der Waals surface area contributed by atoms with Gasteiger partial charge in [0.2, 0.25) is 0 Å². The summed E-state index contributed by atoms with van der Waals surface area (Å²) in [6, 6.07) is 0. The van der Waals surface area contributed by atoms with Gasteiger partial charge in [-0.1, -0.05) is 105 Å². The van der Waals surface area contributed by atoms with E-state index in [4.69, 9.17) is 9.47 Å². The Balaban J connectivity index is 1.51. The Bertz CT molecular complexity index is 1430.